The van der Waals surface area contributed by atoms with E-state index >= 15 is 0 Å². The van der Waals surface area contributed by atoms with Crippen LogP contribution in [-0.2, 0) is 0 Å². The van der Waals surface area contributed by atoms with Crippen LogP contribution in [0.2, 0.25) is 0 Å². The van der Waals surface area contributed by atoms with E-state index in [0.717, 1.165) is 0 Å². The Bertz CT molecular complexity index is 899. The van der Waals surface area contributed by atoms with E-state index in [1.165, 1.54) is 25.1 Å². The van der Waals surface area contributed by atoms with Crippen molar-refractivity contribution in [3.8, 4) is 0 Å². The largest absolute Gasteiger partial charge is 0.106 e. The SMILES string of the molecule is Cc1cccc(SS(c2ccccc2)(c2ccccc2)c2ccccc2)c1. The normalized spacial score (nSPS) is 11.9. The third-order valence-electron chi connectivity index (χ3n) is 4.44. The molecule has 0 bridgehead atoms. The third-order valence-corrected chi connectivity index (χ3v) is 11.0. The lowest BCUT2D eigenvalue weighted by atomic mass is 10.2. The minimum atomic E-state index is -1.49. The van der Waals surface area contributed by atoms with Gasteiger partial charge in [-0.05, 0) is 61.0 Å². The molecule has 134 valence electrons. The summed E-state index contributed by atoms with van der Waals surface area (Å²) in [5, 5.41) is 0. The predicted octanol–water partition coefficient (Wildman–Crippen LogP) is 7.98. The van der Waals surface area contributed by atoms with Gasteiger partial charge >= 0.3 is 0 Å². The molecule has 0 aliphatic carbocycles. The standard InChI is InChI=1S/C25H22S2/c1-21-12-11-13-22(20-21)26-27(23-14-5-2-6-15-23,24-16-7-3-8-17-24)25-18-9-4-10-19-25/h2-20H,1H3. The maximum Gasteiger partial charge on any atom is 0.0179 e. The minimum absolute atomic E-state index is 1.29. The molecule has 0 unspecified atom stereocenters. The fraction of sp³-hybridized carbons (Fsp3) is 0.0400. The molecule has 0 nitrogen and oxygen atoms in total. The summed E-state index contributed by atoms with van der Waals surface area (Å²) < 4.78 is 0. The van der Waals surface area contributed by atoms with Crippen molar-refractivity contribution in [2.75, 3.05) is 0 Å². The van der Waals surface area contributed by atoms with Crippen LogP contribution in [0.4, 0.5) is 0 Å². The number of rotatable bonds is 5. The average Bonchev–Trinajstić information content (AvgIpc) is 2.74. The monoisotopic (exact) mass is 386 g/mol. The lowest BCUT2D eigenvalue weighted by Crippen LogP contribution is -2.00. The molecule has 0 radical (unpaired) electrons. The van der Waals surface area contributed by atoms with Gasteiger partial charge in [0.15, 0.2) is 0 Å². The Labute approximate surface area is 167 Å². The van der Waals surface area contributed by atoms with Crippen molar-refractivity contribution < 1.29 is 0 Å². The summed E-state index contributed by atoms with van der Waals surface area (Å²) in [6.07, 6.45) is 0. The molecule has 0 spiro atoms. The van der Waals surface area contributed by atoms with Gasteiger partial charge in [0.1, 0.15) is 0 Å². The van der Waals surface area contributed by atoms with E-state index < -0.39 is 9.06 Å². The fourth-order valence-corrected chi connectivity index (χ4v) is 9.63. The van der Waals surface area contributed by atoms with Crippen LogP contribution in [-0.4, -0.2) is 0 Å². The van der Waals surface area contributed by atoms with Crippen LogP contribution in [0.25, 0.3) is 0 Å². The van der Waals surface area contributed by atoms with Crippen molar-refractivity contribution in [1.82, 2.24) is 0 Å². The van der Waals surface area contributed by atoms with E-state index in [1.54, 1.807) is 0 Å². The Balaban J connectivity index is 2.00. The molecule has 0 aliphatic rings. The Morgan fingerprint density at radius 2 is 0.963 bits per heavy atom. The zero-order valence-electron chi connectivity index (χ0n) is 15.3. The van der Waals surface area contributed by atoms with E-state index in [4.69, 9.17) is 0 Å². The molecule has 27 heavy (non-hydrogen) atoms. The first-order valence-corrected chi connectivity index (χ1v) is 12.0. The zero-order chi connectivity index (χ0) is 18.5. The molecule has 0 heterocycles. The molecule has 2 heteroatoms. The van der Waals surface area contributed by atoms with E-state index in [1.807, 2.05) is 10.8 Å². The molecular weight excluding hydrogens is 364 g/mol. The quantitative estimate of drug-likeness (QED) is 0.313. The summed E-state index contributed by atoms with van der Waals surface area (Å²) in [6.45, 7) is 2.16. The highest BCUT2D eigenvalue weighted by Crippen LogP contribution is 2.78. The molecule has 4 aromatic rings. The van der Waals surface area contributed by atoms with Crippen molar-refractivity contribution in [2.45, 2.75) is 26.5 Å². The van der Waals surface area contributed by atoms with Gasteiger partial charge in [0.25, 0.3) is 0 Å². The summed E-state index contributed by atoms with van der Waals surface area (Å²) in [5.41, 5.74) is 1.29. The van der Waals surface area contributed by atoms with Crippen LogP contribution in [0.1, 0.15) is 5.56 Å². The van der Waals surface area contributed by atoms with Gasteiger partial charge in [0, 0.05) is 19.6 Å². The topological polar surface area (TPSA) is 0 Å². The second-order valence-electron chi connectivity index (χ2n) is 6.40. The van der Waals surface area contributed by atoms with Gasteiger partial charge in [-0.1, -0.05) is 77.5 Å². The summed E-state index contributed by atoms with van der Waals surface area (Å²) in [5.74, 6) is 0. The number of hydrogen-bond acceptors (Lipinski definition) is 1. The molecule has 4 aromatic carbocycles. The molecule has 4 rings (SSSR count). The van der Waals surface area contributed by atoms with E-state index in [2.05, 4.69) is 122 Å². The number of hydrogen-bond donors (Lipinski definition) is 0. The molecule has 0 saturated carbocycles. The smallest absolute Gasteiger partial charge is 0.0179 e. The maximum atomic E-state index is 2.29. The molecule has 0 atom stereocenters. The van der Waals surface area contributed by atoms with E-state index in [0.29, 0.717) is 0 Å². The van der Waals surface area contributed by atoms with Gasteiger partial charge in [0.2, 0.25) is 0 Å². The molecule has 0 amide bonds. The van der Waals surface area contributed by atoms with Gasteiger partial charge < -0.3 is 0 Å². The maximum absolute atomic E-state index is 2.29. The fourth-order valence-electron chi connectivity index (χ4n) is 3.20. The lowest BCUT2D eigenvalue weighted by molar-refractivity contribution is 1.31. The van der Waals surface area contributed by atoms with Crippen molar-refractivity contribution in [3.05, 3.63) is 121 Å². The highest BCUT2D eigenvalue weighted by Gasteiger charge is 2.32. The van der Waals surface area contributed by atoms with Crippen LogP contribution >= 0.6 is 19.9 Å². The van der Waals surface area contributed by atoms with Gasteiger partial charge in [-0.25, -0.2) is 0 Å². The Morgan fingerprint density at radius 3 is 1.37 bits per heavy atom. The second kappa shape index (κ2) is 8.08. The molecule has 0 N–H and O–H groups in total. The first kappa shape index (κ1) is 18.0. The Hall–Kier alpha value is -2.42. The number of aryl methyl sites for hydroxylation is 1. The van der Waals surface area contributed by atoms with Crippen molar-refractivity contribution >= 4 is 19.9 Å². The minimum Gasteiger partial charge on any atom is -0.106 e. The molecule has 0 aromatic heterocycles. The Kier molecular flexibility index (Phi) is 5.38. The summed E-state index contributed by atoms with van der Waals surface area (Å²) in [7, 11) is 0.507. The molecule has 0 saturated heterocycles. The summed E-state index contributed by atoms with van der Waals surface area (Å²) >= 11 is 0. The summed E-state index contributed by atoms with van der Waals surface area (Å²) in [6, 6.07) is 41.7. The van der Waals surface area contributed by atoms with Crippen molar-refractivity contribution in [1.29, 1.82) is 0 Å². The first-order chi connectivity index (χ1) is 13.3. The molecule has 0 aliphatic heterocycles. The summed E-state index contributed by atoms with van der Waals surface area (Å²) in [4.78, 5) is 5.42. The molecular formula is C25H22S2. The number of benzene rings is 4. The second-order valence-corrected chi connectivity index (χ2v) is 11.6. The average molecular weight is 387 g/mol. The van der Waals surface area contributed by atoms with Crippen LogP contribution < -0.4 is 0 Å². The predicted molar refractivity (Wildman–Crippen MR) is 119 cm³/mol. The van der Waals surface area contributed by atoms with Gasteiger partial charge in [-0.15, -0.1) is 9.06 Å². The molecule has 0 fully saturated rings. The lowest BCUT2D eigenvalue weighted by Gasteiger charge is -2.40. The van der Waals surface area contributed by atoms with Crippen LogP contribution in [0, 0.1) is 6.92 Å². The van der Waals surface area contributed by atoms with E-state index in [9.17, 15) is 0 Å². The van der Waals surface area contributed by atoms with Gasteiger partial charge in [-0.3, -0.25) is 0 Å². The van der Waals surface area contributed by atoms with E-state index in [-0.39, 0.29) is 0 Å². The zero-order valence-corrected chi connectivity index (χ0v) is 16.9. The van der Waals surface area contributed by atoms with Crippen LogP contribution in [0.15, 0.2) is 135 Å². The highest BCUT2D eigenvalue weighted by atomic mass is 33.2. The van der Waals surface area contributed by atoms with Crippen LogP contribution in [0.5, 0.6) is 0 Å². The van der Waals surface area contributed by atoms with Crippen molar-refractivity contribution in [2.24, 2.45) is 0 Å². The van der Waals surface area contributed by atoms with Gasteiger partial charge in [0.05, 0.1) is 0 Å². The third kappa shape index (κ3) is 3.69. The Morgan fingerprint density at radius 1 is 0.519 bits per heavy atom. The van der Waals surface area contributed by atoms with Crippen molar-refractivity contribution in [3.63, 3.8) is 0 Å². The highest BCUT2D eigenvalue weighted by molar-refractivity contribution is 8.94. The van der Waals surface area contributed by atoms with Gasteiger partial charge in [-0.2, -0.15) is 0 Å². The van der Waals surface area contributed by atoms with Crippen LogP contribution in [0.3, 0.4) is 0 Å². The first-order valence-electron chi connectivity index (χ1n) is 9.04.